The van der Waals surface area contributed by atoms with Gasteiger partial charge in [-0.2, -0.15) is 0 Å². The average Bonchev–Trinajstić information content (AvgIpc) is 3.13. The highest BCUT2D eigenvalue weighted by atomic mass is 19.1. The highest BCUT2D eigenvalue weighted by Gasteiger charge is 2.42. The zero-order chi connectivity index (χ0) is 20.6. The third-order valence-corrected chi connectivity index (χ3v) is 5.59. The molecule has 4 rings (SSSR count). The van der Waals surface area contributed by atoms with E-state index in [1.165, 1.54) is 12.1 Å². The molecule has 6 nitrogen and oxygen atoms in total. The molecule has 3 amide bonds. The number of benzene rings is 2. The van der Waals surface area contributed by atoms with Crippen LogP contribution in [-0.4, -0.2) is 22.7 Å². The van der Waals surface area contributed by atoms with Gasteiger partial charge >= 0.3 is 0 Å². The van der Waals surface area contributed by atoms with E-state index in [0.717, 1.165) is 5.56 Å². The van der Waals surface area contributed by atoms with E-state index in [9.17, 15) is 18.8 Å². The summed E-state index contributed by atoms with van der Waals surface area (Å²) in [5, 5.41) is 5.84. The van der Waals surface area contributed by atoms with Gasteiger partial charge in [0.05, 0.1) is 5.41 Å². The number of carbonyl (C=O) groups is 3. The van der Waals surface area contributed by atoms with E-state index in [0.29, 0.717) is 41.5 Å². The number of hydrogen-bond donors (Lipinski definition) is 3. The van der Waals surface area contributed by atoms with Crippen LogP contribution in [0.3, 0.4) is 0 Å². The Morgan fingerprint density at radius 2 is 1.90 bits per heavy atom. The summed E-state index contributed by atoms with van der Waals surface area (Å²) in [6.45, 7) is 1.92. The van der Waals surface area contributed by atoms with Crippen molar-refractivity contribution in [1.29, 1.82) is 0 Å². The summed E-state index contributed by atoms with van der Waals surface area (Å²) < 4.78 is 13.3. The molecule has 0 bridgehead atoms. The van der Waals surface area contributed by atoms with E-state index in [4.69, 9.17) is 0 Å². The Kier molecular flexibility index (Phi) is 4.66. The third-order valence-electron chi connectivity index (χ3n) is 5.59. The molecule has 0 saturated carbocycles. The maximum absolute atomic E-state index is 13.3. The molecule has 2 aromatic carbocycles. The van der Waals surface area contributed by atoms with Crippen LogP contribution in [0.1, 0.15) is 42.2 Å². The maximum Gasteiger partial charge on any atom is 0.272 e. The molecule has 3 N–H and O–H groups in total. The molecule has 1 aliphatic rings. The normalized spacial score (nSPS) is 19.2. The number of rotatable bonds is 4. The lowest BCUT2D eigenvalue weighted by atomic mass is 9.72. The maximum atomic E-state index is 13.3. The molecule has 2 heterocycles. The number of hydrogen-bond acceptors (Lipinski definition) is 3. The van der Waals surface area contributed by atoms with Crippen LogP contribution in [0.2, 0.25) is 0 Å². The van der Waals surface area contributed by atoms with E-state index >= 15 is 0 Å². The van der Waals surface area contributed by atoms with Crippen LogP contribution >= 0.6 is 0 Å². The number of nitrogens with one attached hydrogen (secondary N) is 3. The predicted molar refractivity (Wildman–Crippen MR) is 107 cm³/mol. The molecule has 7 heteroatoms. The second-order valence-corrected chi connectivity index (χ2v) is 7.26. The molecule has 0 aliphatic carbocycles. The fraction of sp³-hybridized carbons (Fsp3) is 0.227. The second kappa shape index (κ2) is 7.16. The second-order valence-electron chi connectivity index (χ2n) is 7.26. The van der Waals surface area contributed by atoms with Gasteiger partial charge in [-0.15, -0.1) is 0 Å². The first-order valence-electron chi connectivity index (χ1n) is 9.46. The Balaban J connectivity index is 1.53. The van der Waals surface area contributed by atoms with Crippen molar-refractivity contribution in [2.75, 3.05) is 5.32 Å². The summed E-state index contributed by atoms with van der Waals surface area (Å²) in [6.07, 6.45) is 1.34. The summed E-state index contributed by atoms with van der Waals surface area (Å²) >= 11 is 0. The lowest BCUT2D eigenvalue weighted by Gasteiger charge is -2.35. The summed E-state index contributed by atoms with van der Waals surface area (Å²) in [7, 11) is 0. The topological polar surface area (TPSA) is 91.1 Å². The van der Waals surface area contributed by atoms with Crippen LogP contribution in [0.15, 0.2) is 48.5 Å². The average molecular weight is 393 g/mol. The van der Waals surface area contributed by atoms with Crippen molar-refractivity contribution < 1.29 is 18.8 Å². The Labute approximate surface area is 166 Å². The van der Waals surface area contributed by atoms with Crippen LogP contribution in [0, 0.1) is 5.82 Å². The number of amides is 3. The third kappa shape index (κ3) is 3.40. The number of aromatic nitrogens is 1. The van der Waals surface area contributed by atoms with Crippen LogP contribution < -0.4 is 10.6 Å². The highest BCUT2D eigenvalue weighted by Crippen LogP contribution is 2.36. The van der Waals surface area contributed by atoms with Gasteiger partial charge < -0.3 is 10.3 Å². The van der Waals surface area contributed by atoms with Gasteiger partial charge in [0, 0.05) is 23.0 Å². The van der Waals surface area contributed by atoms with Crippen molar-refractivity contribution in [3.05, 3.63) is 65.6 Å². The van der Waals surface area contributed by atoms with Gasteiger partial charge in [-0.1, -0.05) is 19.1 Å². The number of aromatic amines is 1. The van der Waals surface area contributed by atoms with Gasteiger partial charge in [-0.3, -0.25) is 19.7 Å². The molecule has 29 heavy (non-hydrogen) atoms. The molecule has 1 atom stereocenters. The summed E-state index contributed by atoms with van der Waals surface area (Å²) in [5.74, 6) is -1.24. The highest BCUT2D eigenvalue weighted by molar-refractivity contribution is 6.06. The lowest BCUT2D eigenvalue weighted by Crippen LogP contribution is -2.51. The van der Waals surface area contributed by atoms with Gasteiger partial charge in [0.2, 0.25) is 11.8 Å². The van der Waals surface area contributed by atoms with Gasteiger partial charge in [0.25, 0.3) is 5.91 Å². The zero-order valence-electron chi connectivity index (χ0n) is 15.8. The molecule has 148 valence electrons. The van der Waals surface area contributed by atoms with Crippen molar-refractivity contribution in [3.63, 3.8) is 0 Å². The van der Waals surface area contributed by atoms with E-state index in [-0.39, 0.29) is 23.5 Å². The SMILES string of the molecule is CCC1(c2ccc(NC(=O)c3cc4cc(F)ccc4[nH]3)cc2)CCC(=O)NC1=O. The van der Waals surface area contributed by atoms with Gasteiger partial charge in [-0.25, -0.2) is 4.39 Å². The number of fused-ring (bicyclic) bond motifs is 1. The molecule has 1 aliphatic heterocycles. The Morgan fingerprint density at radius 1 is 1.14 bits per heavy atom. The van der Waals surface area contributed by atoms with E-state index in [1.807, 2.05) is 6.92 Å². The molecule has 1 fully saturated rings. The molecule has 0 spiro atoms. The Hall–Kier alpha value is -3.48. The number of anilines is 1. The molecular formula is C22H20FN3O3. The first-order chi connectivity index (χ1) is 13.9. The molecular weight excluding hydrogens is 373 g/mol. The molecule has 3 aromatic rings. The zero-order valence-corrected chi connectivity index (χ0v) is 15.8. The Morgan fingerprint density at radius 3 is 2.59 bits per heavy atom. The summed E-state index contributed by atoms with van der Waals surface area (Å²) in [5.41, 5.74) is 1.64. The largest absolute Gasteiger partial charge is 0.351 e. The van der Waals surface area contributed by atoms with Crippen LogP contribution in [0.4, 0.5) is 10.1 Å². The fourth-order valence-corrected chi connectivity index (χ4v) is 3.86. The van der Waals surface area contributed by atoms with E-state index in [1.54, 1.807) is 36.4 Å². The van der Waals surface area contributed by atoms with Crippen LogP contribution in [-0.2, 0) is 15.0 Å². The number of halogens is 1. The fourth-order valence-electron chi connectivity index (χ4n) is 3.86. The smallest absolute Gasteiger partial charge is 0.272 e. The van der Waals surface area contributed by atoms with Crippen molar-refractivity contribution in [3.8, 4) is 0 Å². The quantitative estimate of drug-likeness (QED) is 0.591. The monoisotopic (exact) mass is 393 g/mol. The molecule has 0 radical (unpaired) electrons. The number of imide groups is 1. The van der Waals surface area contributed by atoms with Crippen molar-refractivity contribution in [2.24, 2.45) is 0 Å². The van der Waals surface area contributed by atoms with Crippen molar-refractivity contribution in [1.82, 2.24) is 10.3 Å². The standard InChI is InChI=1S/C22H20FN3O3/c1-2-22(10-9-19(27)26-21(22)29)14-3-6-16(7-4-14)24-20(28)18-12-13-11-15(23)5-8-17(13)25-18/h3-8,11-12,25H,2,9-10H2,1H3,(H,24,28)(H,26,27,29). The minimum atomic E-state index is -0.738. The van der Waals surface area contributed by atoms with E-state index in [2.05, 4.69) is 15.6 Å². The van der Waals surface area contributed by atoms with Gasteiger partial charge in [0.15, 0.2) is 0 Å². The molecule has 1 unspecified atom stereocenters. The molecule has 1 aromatic heterocycles. The minimum absolute atomic E-state index is 0.249. The first-order valence-corrected chi connectivity index (χ1v) is 9.46. The molecule has 1 saturated heterocycles. The van der Waals surface area contributed by atoms with Gasteiger partial charge in [-0.05, 0) is 54.8 Å². The first kappa shape index (κ1) is 18.9. The summed E-state index contributed by atoms with van der Waals surface area (Å²) in [4.78, 5) is 39.5. The van der Waals surface area contributed by atoms with Gasteiger partial charge in [0.1, 0.15) is 11.5 Å². The number of H-pyrrole nitrogens is 1. The number of carbonyl (C=O) groups excluding carboxylic acids is 3. The van der Waals surface area contributed by atoms with Crippen molar-refractivity contribution in [2.45, 2.75) is 31.6 Å². The minimum Gasteiger partial charge on any atom is -0.351 e. The van der Waals surface area contributed by atoms with Crippen molar-refractivity contribution >= 4 is 34.3 Å². The lowest BCUT2D eigenvalue weighted by molar-refractivity contribution is -0.138. The van der Waals surface area contributed by atoms with Crippen LogP contribution in [0.5, 0.6) is 0 Å². The van der Waals surface area contributed by atoms with E-state index < -0.39 is 5.41 Å². The summed E-state index contributed by atoms with van der Waals surface area (Å²) in [6, 6.07) is 12.9. The van der Waals surface area contributed by atoms with Crippen LogP contribution in [0.25, 0.3) is 10.9 Å². The number of piperidine rings is 1. The Bertz CT molecular complexity index is 1120. The predicted octanol–water partition coefficient (Wildman–Crippen LogP) is 3.64.